The number of carbonyl (C=O) groups excluding carboxylic acids is 1. The summed E-state index contributed by atoms with van der Waals surface area (Å²) in [5.74, 6) is -0.203. The highest BCUT2D eigenvalue weighted by atomic mass is 32.1. The highest BCUT2D eigenvalue weighted by molar-refractivity contribution is 7.15. The van der Waals surface area contributed by atoms with Gasteiger partial charge in [0.2, 0.25) is 6.79 Å². The number of fused-ring (bicyclic) bond motifs is 1. The van der Waals surface area contributed by atoms with Crippen LogP contribution in [0, 0.1) is 0 Å². The number of nitrogens with one attached hydrogen (secondary N) is 1. The second-order valence-electron chi connectivity index (χ2n) is 3.99. The third-order valence-electron chi connectivity index (χ3n) is 2.67. The molecule has 1 aliphatic heterocycles. The Bertz CT molecular complexity index is 694. The number of thiophene rings is 1. The fraction of sp³-hybridized carbons (Fsp3) is 0.0769. The zero-order chi connectivity index (χ0) is 14.1. The SMILES string of the molecule is O=C(O)c1ccc(C(=O)Nc2ccc3c(c2)OCO3)s1. The van der Waals surface area contributed by atoms with Gasteiger partial charge in [0.05, 0.1) is 4.88 Å². The summed E-state index contributed by atoms with van der Waals surface area (Å²) in [4.78, 5) is 23.2. The van der Waals surface area contributed by atoms with Crippen molar-refractivity contribution in [1.29, 1.82) is 0 Å². The van der Waals surface area contributed by atoms with Crippen molar-refractivity contribution in [3.8, 4) is 11.5 Å². The number of hydrogen-bond donors (Lipinski definition) is 2. The van der Waals surface area contributed by atoms with Crippen molar-refractivity contribution in [2.75, 3.05) is 12.1 Å². The average Bonchev–Trinajstić information content (AvgIpc) is 3.07. The van der Waals surface area contributed by atoms with E-state index in [0.29, 0.717) is 22.1 Å². The molecule has 1 aromatic carbocycles. The lowest BCUT2D eigenvalue weighted by atomic mass is 10.2. The van der Waals surface area contributed by atoms with Gasteiger partial charge in [0.25, 0.3) is 5.91 Å². The Labute approximate surface area is 117 Å². The number of carboxylic acids is 1. The summed E-state index contributed by atoms with van der Waals surface area (Å²) < 4.78 is 10.4. The van der Waals surface area contributed by atoms with Crippen LogP contribution in [0.15, 0.2) is 30.3 Å². The van der Waals surface area contributed by atoms with Crippen molar-refractivity contribution in [2.45, 2.75) is 0 Å². The minimum Gasteiger partial charge on any atom is -0.477 e. The second kappa shape index (κ2) is 4.86. The molecule has 0 spiro atoms. The molecule has 1 aliphatic rings. The largest absolute Gasteiger partial charge is 0.477 e. The van der Waals surface area contributed by atoms with Gasteiger partial charge in [0.1, 0.15) is 4.88 Å². The molecule has 102 valence electrons. The molecule has 2 heterocycles. The smallest absolute Gasteiger partial charge is 0.345 e. The Balaban J connectivity index is 1.76. The van der Waals surface area contributed by atoms with Crippen LogP contribution in [0.1, 0.15) is 19.3 Å². The van der Waals surface area contributed by atoms with E-state index in [-0.39, 0.29) is 17.6 Å². The molecule has 1 amide bonds. The molecule has 3 rings (SSSR count). The third kappa shape index (κ3) is 2.30. The van der Waals surface area contributed by atoms with Gasteiger partial charge in [0, 0.05) is 11.8 Å². The predicted molar refractivity (Wildman–Crippen MR) is 71.8 cm³/mol. The Kier molecular flexibility index (Phi) is 3.03. The Hall–Kier alpha value is -2.54. The zero-order valence-electron chi connectivity index (χ0n) is 10.1. The summed E-state index contributed by atoms with van der Waals surface area (Å²) in [7, 11) is 0. The molecule has 20 heavy (non-hydrogen) atoms. The number of carbonyl (C=O) groups is 2. The van der Waals surface area contributed by atoms with E-state index in [0.717, 1.165) is 11.3 Å². The highest BCUT2D eigenvalue weighted by Gasteiger charge is 2.16. The summed E-state index contributed by atoms with van der Waals surface area (Å²) in [6, 6.07) is 7.94. The van der Waals surface area contributed by atoms with Gasteiger partial charge in [-0.2, -0.15) is 0 Å². The van der Waals surface area contributed by atoms with Crippen LogP contribution < -0.4 is 14.8 Å². The van der Waals surface area contributed by atoms with E-state index in [4.69, 9.17) is 14.6 Å². The standard InChI is InChI=1S/C13H9NO5S/c15-12(10-3-4-11(20-10)13(16)17)14-7-1-2-8-9(5-7)19-6-18-8/h1-5H,6H2,(H,14,15)(H,16,17). The van der Waals surface area contributed by atoms with Crippen molar-refractivity contribution in [3.05, 3.63) is 40.1 Å². The molecule has 0 saturated carbocycles. The fourth-order valence-electron chi connectivity index (χ4n) is 1.74. The van der Waals surface area contributed by atoms with Gasteiger partial charge >= 0.3 is 5.97 Å². The summed E-state index contributed by atoms with van der Waals surface area (Å²) in [5.41, 5.74) is 0.560. The molecule has 0 saturated heterocycles. The zero-order valence-corrected chi connectivity index (χ0v) is 10.9. The van der Waals surface area contributed by atoms with Gasteiger partial charge in [-0.15, -0.1) is 11.3 Å². The first-order chi connectivity index (χ1) is 9.63. The minimum atomic E-state index is -1.04. The topological polar surface area (TPSA) is 84.9 Å². The quantitative estimate of drug-likeness (QED) is 0.907. The van der Waals surface area contributed by atoms with Gasteiger partial charge in [-0.25, -0.2) is 4.79 Å². The summed E-state index contributed by atoms with van der Waals surface area (Å²) in [5, 5.41) is 11.5. The van der Waals surface area contributed by atoms with Gasteiger partial charge in [-0.1, -0.05) is 0 Å². The molecule has 2 aromatic rings. The number of anilines is 1. The molecule has 0 radical (unpaired) electrons. The minimum absolute atomic E-state index is 0.126. The molecule has 0 fully saturated rings. The van der Waals surface area contributed by atoms with Crippen LogP contribution in [-0.2, 0) is 0 Å². The van der Waals surface area contributed by atoms with E-state index < -0.39 is 5.97 Å². The maximum atomic E-state index is 12.0. The van der Waals surface area contributed by atoms with Crippen molar-refractivity contribution < 1.29 is 24.2 Å². The molecule has 0 atom stereocenters. The van der Waals surface area contributed by atoms with Crippen molar-refractivity contribution in [2.24, 2.45) is 0 Å². The van der Waals surface area contributed by atoms with Crippen molar-refractivity contribution >= 4 is 28.9 Å². The molecule has 0 aliphatic carbocycles. The Morgan fingerprint density at radius 2 is 1.85 bits per heavy atom. The van der Waals surface area contributed by atoms with Crippen LogP contribution in [0.4, 0.5) is 5.69 Å². The summed E-state index contributed by atoms with van der Waals surface area (Å²) in [6.07, 6.45) is 0. The van der Waals surface area contributed by atoms with Crippen LogP contribution in [0.3, 0.4) is 0 Å². The van der Waals surface area contributed by atoms with Crippen LogP contribution >= 0.6 is 11.3 Å². The number of benzene rings is 1. The van der Waals surface area contributed by atoms with Gasteiger partial charge in [-0.3, -0.25) is 4.79 Å². The van der Waals surface area contributed by atoms with Gasteiger partial charge in [0.15, 0.2) is 11.5 Å². The number of aromatic carboxylic acids is 1. The molecule has 0 bridgehead atoms. The molecule has 2 N–H and O–H groups in total. The normalized spacial score (nSPS) is 12.2. The van der Waals surface area contributed by atoms with E-state index in [1.165, 1.54) is 12.1 Å². The third-order valence-corrected chi connectivity index (χ3v) is 3.74. The number of hydrogen-bond acceptors (Lipinski definition) is 5. The fourth-order valence-corrected chi connectivity index (χ4v) is 2.48. The first-order valence-corrected chi connectivity index (χ1v) is 6.49. The first kappa shape index (κ1) is 12.5. The Morgan fingerprint density at radius 1 is 1.10 bits per heavy atom. The molecule has 1 aromatic heterocycles. The highest BCUT2D eigenvalue weighted by Crippen LogP contribution is 2.34. The van der Waals surface area contributed by atoms with Crippen LogP contribution in [0.25, 0.3) is 0 Å². The number of carboxylic acid groups (broad SMARTS) is 1. The molecule has 0 unspecified atom stereocenters. The summed E-state index contributed by atoms with van der Waals surface area (Å²) >= 11 is 0.926. The van der Waals surface area contributed by atoms with E-state index in [9.17, 15) is 9.59 Å². The lowest BCUT2D eigenvalue weighted by Gasteiger charge is -2.04. The van der Waals surface area contributed by atoms with Crippen LogP contribution in [0.5, 0.6) is 11.5 Å². The maximum absolute atomic E-state index is 12.0. The molecular formula is C13H9NO5S. The lowest BCUT2D eigenvalue weighted by molar-refractivity contribution is 0.0702. The summed E-state index contributed by atoms with van der Waals surface area (Å²) in [6.45, 7) is 0.166. The maximum Gasteiger partial charge on any atom is 0.345 e. The molecule has 6 nitrogen and oxygen atoms in total. The number of rotatable bonds is 3. The van der Waals surface area contributed by atoms with Crippen LogP contribution in [-0.4, -0.2) is 23.8 Å². The average molecular weight is 291 g/mol. The van der Waals surface area contributed by atoms with E-state index >= 15 is 0 Å². The van der Waals surface area contributed by atoms with Gasteiger partial charge < -0.3 is 19.9 Å². The molecule has 7 heteroatoms. The monoisotopic (exact) mass is 291 g/mol. The van der Waals surface area contributed by atoms with E-state index in [1.54, 1.807) is 18.2 Å². The first-order valence-electron chi connectivity index (χ1n) is 5.67. The van der Waals surface area contributed by atoms with Crippen LogP contribution in [0.2, 0.25) is 0 Å². The van der Waals surface area contributed by atoms with Crippen molar-refractivity contribution in [3.63, 3.8) is 0 Å². The van der Waals surface area contributed by atoms with Crippen molar-refractivity contribution in [1.82, 2.24) is 0 Å². The van der Waals surface area contributed by atoms with Gasteiger partial charge in [-0.05, 0) is 24.3 Å². The number of ether oxygens (including phenoxy) is 2. The Morgan fingerprint density at radius 3 is 2.60 bits per heavy atom. The predicted octanol–water partition coefficient (Wildman–Crippen LogP) is 2.43. The molecular weight excluding hydrogens is 282 g/mol. The number of amides is 1. The van der Waals surface area contributed by atoms with E-state index in [2.05, 4.69) is 5.32 Å². The second-order valence-corrected chi connectivity index (χ2v) is 5.07. The lowest BCUT2D eigenvalue weighted by Crippen LogP contribution is -2.09. The van der Waals surface area contributed by atoms with E-state index in [1.807, 2.05) is 0 Å².